The second-order valence-electron chi connectivity index (χ2n) is 28.7. The van der Waals surface area contributed by atoms with Crippen LogP contribution in [0.25, 0.3) is 0 Å². The van der Waals surface area contributed by atoms with Crippen molar-refractivity contribution >= 4 is 76.6 Å². The van der Waals surface area contributed by atoms with E-state index in [1.54, 1.807) is 27.7 Å². The van der Waals surface area contributed by atoms with Gasteiger partial charge in [0.25, 0.3) is 0 Å². The molecule has 22 nitrogen and oxygen atoms in total. The number of carbonyl (C=O) groups excluding carboxylic acids is 11. The average molecular weight is 1360 g/mol. The number of hydrogen-bond donors (Lipinski definition) is 3. The number of nitrogens with zero attached hydrogens (tertiary/aromatic N) is 8. The summed E-state index contributed by atoms with van der Waals surface area (Å²) < 4.78 is 56.8. The molecule has 0 aromatic heterocycles. The first-order chi connectivity index (χ1) is 43.8. The van der Waals surface area contributed by atoms with Crippen molar-refractivity contribution in [3.8, 4) is 0 Å². The zero-order valence-corrected chi connectivity index (χ0v) is 59.6. The molecule has 3 N–H and O–H groups in total. The van der Waals surface area contributed by atoms with Crippen molar-refractivity contribution in [3.63, 3.8) is 0 Å². The number of halogens is 5. The first-order valence-electron chi connectivity index (χ1n) is 34.1. The molecule has 4 aliphatic rings. The van der Waals surface area contributed by atoms with Gasteiger partial charge in [0.2, 0.25) is 65.0 Å². The maximum Gasteiger partial charge on any atom is 0.394 e. The maximum atomic E-state index is 15.4. The second kappa shape index (κ2) is 36.5. The molecule has 0 spiro atoms. The molecule has 1 heterocycles. The topological polar surface area (TPSA) is 250 Å². The zero-order valence-electron chi connectivity index (χ0n) is 58.8. The van der Waals surface area contributed by atoms with Crippen LogP contribution >= 0.6 is 11.6 Å². The summed E-state index contributed by atoms with van der Waals surface area (Å²) in [5.41, 5.74) is 0. The van der Waals surface area contributed by atoms with Crippen LogP contribution in [0.3, 0.4) is 0 Å². The Morgan fingerprint density at radius 1 is 0.532 bits per heavy atom. The Kier molecular flexibility index (Phi) is 31.3. The van der Waals surface area contributed by atoms with Gasteiger partial charge in [0.1, 0.15) is 48.5 Å². The SMILES string of the molecule is CC[C@H](C)[C@@H]1NC(=O)[C@H](C)N(C)C(=O)C[C@@H](C)NC(=O)[C@H](C(C)C)N(C)C(=O)[C@H](CC2CCCCC2)N(C)C(=O)[C@H](CC(C)C)N(C)C(=O)[C@H](CCC2CCC(C(F)(F)F)C(F)C2)NC(=O)CN(C)C(=O)[C@H](CC2CCC(Cl)CC2)N(C)C(=O)CN(C)C(=O)CN(C)C1=O. The number of amides is 11. The molecule has 27 heteroatoms. The molecule has 0 aromatic rings. The van der Waals surface area contributed by atoms with Crippen molar-refractivity contribution in [2.75, 3.05) is 76.0 Å². The van der Waals surface area contributed by atoms with Gasteiger partial charge < -0.3 is 55.1 Å². The third-order valence-corrected chi connectivity index (χ3v) is 20.9. The van der Waals surface area contributed by atoms with Gasteiger partial charge in [-0.1, -0.05) is 80.1 Å². The van der Waals surface area contributed by atoms with Gasteiger partial charge in [-0.3, -0.25) is 52.7 Å². The molecule has 0 aromatic carbocycles. The average Bonchev–Trinajstić information content (AvgIpc) is 0.824. The molecule has 1 aliphatic heterocycles. The third kappa shape index (κ3) is 22.6. The quantitative estimate of drug-likeness (QED) is 0.143. The number of likely N-dealkylation sites (N-methyl/N-ethyl adjacent to an activating group) is 8. The van der Waals surface area contributed by atoms with Gasteiger partial charge in [-0.05, 0) is 126 Å². The summed E-state index contributed by atoms with van der Waals surface area (Å²) in [7, 11) is 11.3. The molecule has 94 heavy (non-hydrogen) atoms. The Morgan fingerprint density at radius 3 is 1.62 bits per heavy atom. The van der Waals surface area contributed by atoms with Gasteiger partial charge in [-0.2, -0.15) is 13.2 Å². The Bertz CT molecular complexity index is 2610. The predicted octanol–water partition coefficient (Wildman–Crippen LogP) is 6.40. The van der Waals surface area contributed by atoms with E-state index in [0.29, 0.717) is 32.1 Å². The molecule has 3 aliphatic carbocycles. The molecule has 0 bridgehead atoms. The largest absolute Gasteiger partial charge is 0.394 e. The molecule has 4 rings (SSSR count). The number of carbonyl (C=O) groups is 11. The molecule has 1 saturated heterocycles. The zero-order chi connectivity index (χ0) is 71.0. The van der Waals surface area contributed by atoms with Crippen LogP contribution < -0.4 is 16.0 Å². The fourth-order valence-electron chi connectivity index (χ4n) is 13.8. The molecular formula is C67H112ClF4N11O11. The van der Waals surface area contributed by atoms with Gasteiger partial charge in [-0.15, -0.1) is 11.6 Å². The van der Waals surface area contributed by atoms with Gasteiger partial charge in [0, 0.05) is 74.2 Å². The fraction of sp³-hybridized carbons (Fsp3) is 0.836. The monoisotopic (exact) mass is 1360 g/mol. The summed E-state index contributed by atoms with van der Waals surface area (Å²) in [5.74, 6) is -11.2. The van der Waals surface area contributed by atoms with E-state index in [1.807, 2.05) is 20.8 Å². The van der Waals surface area contributed by atoms with Crippen LogP contribution in [0.2, 0.25) is 0 Å². The Morgan fingerprint density at radius 2 is 1.06 bits per heavy atom. The Labute approximate surface area is 560 Å². The van der Waals surface area contributed by atoms with E-state index in [0.717, 1.165) is 46.8 Å². The van der Waals surface area contributed by atoms with Crippen LogP contribution in [0.15, 0.2) is 0 Å². The lowest BCUT2D eigenvalue weighted by Gasteiger charge is -2.40. The highest BCUT2D eigenvalue weighted by Crippen LogP contribution is 2.43. The van der Waals surface area contributed by atoms with E-state index in [4.69, 9.17) is 11.6 Å². The number of alkyl halides is 5. The first kappa shape index (κ1) is 80.6. The van der Waals surface area contributed by atoms with Crippen molar-refractivity contribution < 1.29 is 70.3 Å². The van der Waals surface area contributed by atoms with Crippen LogP contribution in [-0.4, -0.2) is 246 Å². The van der Waals surface area contributed by atoms with Crippen molar-refractivity contribution in [3.05, 3.63) is 0 Å². The summed E-state index contributed by atoms with van der Waals surface area (Å²) in [6.45, 7) is 12.2. The summed E-state index contributed by atoms with van der Waals surface area (Å²) in [6.07, 6.45) is -0.533. The lowest BCUT2D eigenvalue weighted by molar-refractivity contribution is -0.201. The predicted molar refractivity (Wildman–Crippen MR) is 350 cm³/mol. The van der Waals surface area contributed by atoms with E-state index in [1.165, 1.54) is 87.8 Å². The van der Waals surface area contributed by atoms with Crippen molar-refractivity contribution in [2.45, 2.75) is 243 Å². The highest BCUT2D eigenvalue weighted by atomic mass is 35.5. The van der Waals surface area contributed by atoms with E-state index in [2.05, 4.69) is 16.0 Å². The normalized spacial score (nSPS) is 30.7. The highest BCUT2D eigenvalue weighted by Gasteiger charge is 2.49. The second-order valence-corrected chi connectivity index (χ2v) is 29.3. The lowest BCUT2D eigenvalue weighted by Crippen LogP contribution is -2.60. The lowest BCUT2D eigenvalue weighted by atomic mass is 9.78. The number of rotatable bonds is 12. The van der Waals surface area contributed by atoms with Crippen LogP contribution in [0.1, 0.15) is 177 Å². The summed E-state index contributed by atoms with van der Waals surface area (Å²) in [6, 6.07) is -9.24. The summed E-state index contributed by atoms with van der Waals surface area (Å²) in [4.78, 5) is 170. The van der Waals surface area contributed by atoms with E-state index < -0.39 is 182 Å². The highest BCUT2D eigenvalue weighted by molar-refractivity contribution is 6.20. The smallest absolute Gasteiger partial charge is 0.351 e. The van der Waals surface area contributed by atoms with Crippen molar-refractivity contribution in [2.24, 2.45) is 41.4 Å². The van der Waals surface area contributed by atoms with Crippen LogP contribution in [0.4, 0.5) is 17.6 Å². The van der Waals surface area contributed by atoms with Crippen LogP contribution in [-0.2, 0) is 52.7 Å². The number of nitrogens with one attached hydrogen (secondary N) is 3. The van der Waals surface area contributed by atoms with Crippen LogP contribution in [0, 0.1) is 41.4 Å². The third-order valence-electron chi connectivity index (χ3n) is 20.4. The fourth-order valence-corrected chi connectivity index (χ4v) is 14.1. The first-order valence-corrected chi connectivity index (χ1v) is 34.5. The molecule has 3 saturated carbocycles. The Hall–Kier alpha value is -5.82. The van der Waals surface area contributed by atoms with Gasteiger partial charge in [-0.25, -0.2) is 4.39 Å². The standard InChI is InChI=1S/C67H112ClF4N11O11/c1-17-41(6)58-66(94)78(11)37-56(86)76(9)38-57(87)80(13)52(35-46-23-27-47(68)28-24-46)63(91)77(10)36-54(84)74-50(30-26-45-25-29-48(49(69)33-45)67(70,71)72)62(90)81(14)51(31-39(2)3)64(92)82(15)53(34-44-21-19-18-20-22-44)65(93)83(16)59(40(4)5)61(89)73-42(7)32-55(85)79(12)43(8)60(88)75-58/h39-53,58-59H,17-38H2,1-16H3,(H,73,89)(H,74,84)(H,75,88)/t41-,42+,43-,45?,46?,47?,48?,49?,50-,51-,52-,53-,58-,59-/m0/s1. The maximum absolute atomic E-state index is 15.4. The molecular weight excluding hydrogens is 1250 g/mol. The minimum atomic E-state index is -4.75. The van der Waals surface area contributed by atoms with E-state index in [-0.39, 0.29) is 68.1 Å². The molecule has 0 radical (unpaired) electrons. The molecule has 3 unspecified atom stereocenters. The molecule has 12 atom stereocenters. The van der Waals surface area contributed by atoms with Crippen molar-refractivity contribution in [1.82, 2.24) is 55.1 Å². The summed E-state index contributed by atoms with van der Waals surface area (Å²) in [5, 5.41) is 8.34. The Balaban J connectivity index is 1.84. The van der Waals surface area contributed by atoms with E-state index >= 15 is 18.8 Å². The number of hydrogen-bond acceptors (Lipinski definition) is 11. The molecule has 4 fully saturated rings. The van der Waals surface area contributed by atoms with E-state index in [9.17, 15) is 51.5 Å². The van der Waals surface area contributed by atoms with Gasteiger partial charge in [0.15, 0.2) is 0 Å². The van der Waals surface area contributed by atoms with Gasteiger partial charge >= 0.3 is 6.18 Å². The van der Waals surface area contributed by atoms with Crippen molar-refractivity contribution in [1.29, 1.82) is 0 Å². The molecule has 536 valence electrons. The minimum absolute atomic E-state index is 0.00704. The summed E-state index contributed by atoms with van der Waals surface area (Å²) >= 11 is 6.49. The van der Waals surface area contributed by atoms with Crippen LogP contribution in [0.5, 0.6) is 0 Å². The van der Waals surface area contributed by atoms with Gasteiger partial charge in [0.05, 0.1) is 25.6 Å². The minimum Gasteiger partial charge on any atom is -0.351 e. The molecule has 11 amide bonds.